The number of thiazole rings is 1. The van der Waals surface area contributed by atoms with Gasteiger partial charge < -0.3 is 0 Å². The Morgan fingerprint density at radius 3 is 2.67 bits per heavy atom. The van der Waals surface area contributed by atoms with Crippen LogP contribution in [0.15, 0.2) is 33.5 Å². The third kappa shape index (κ3) is 4.09. The molecule has 2 aromatic rings. The first kappa shape index (κ1) is 15.6. The molecule has 0 aliphatic rings. The van der Waals surface area contributed by atoms with Gasteiger partial charge in [-0.15, -0.1) is 24.0 Å². The van der Waals surface area contributed by atoms with Crippen molar-refractivity contribution >= 4 is 35.9 Å². The fraction of sp³-hybridized carbons (Fsp3) is 0.143. The van der Waals surface area contributed by atoms with Crippen LogP contribution in [-0.4, -0.2) is 11.2 Å². The number of halogens is 3. The van der Waals surface area contributed by atoms with Gasteiger partial charge in [0.05, 0.1) is 5.69 Å². The average molecular weight is 326 g/mol. The van der Waals surface area contributed by atoms with Crippen molar-refractivity contribution in [1.82, 2.24) is 4.98 Å². The minimum atomic E-state index is -4.44. The van der Waals surface area contributed by atoms with Gasteiger partial charge in [0.2, 0.25) is 0 Å². The maximum absolute atomic E-state index is 12.4. The zero-order valence-corrected chi connectivity index (χ0v) is 12.5. The van der Waals surface area contributed by atoms with Crippen LogP contribution in [0.1, 0.15) is 23.2 Å². The van der Waals surface area contributed by atoms with Crippen LogP contribution in [0.4, 0.5) is 18.9 Å². The molecular formula is C14H9F3N2S2. The number of hydrogen-bond acceptors (Lipinski definition) is 4. The summed E-state index contributed by atoms with van der Waals surface area (Å²) in [5.41, 5.74) is 0.429. The number of hydrogen-bond donors (Lipinski definition) is 1. The van der Waals surface area contributed by atoms with Crippen molar-refractivity contribution in [3.8, 4) is 11.8 Å². The molecule has 108 valence electrons. The number of rotatable bonds is 1. The van der Waals surface area contributed by atoms with Crippen LogP contribution in [-0.2, 0) is 6.18 Å². The summed E-state index contributed by atoms with van der Waals surface area (Å²) in [6.07, 6.45) is -2.79. The smallest absolute Gasteiger partial charge is 0.260 e. The van der Waals surface area contributed by atoms with Crippen molar-refractivity contribution in [3.63, 3.8) is 0 Å². The molecule has 0 saturated heterocycles. The normalized spacial score (nSPS) is 11.5. The van der Waals surface area contributed by atoms with Gasteiger partial charge in [-0.2, -0.15) is 13.2 Å². The number of aliphatic imine (C=N–C) groups is 1. The van der Waals surface area contributed by atoms with E-state index in [-0.39, 0.29) is 5.01 Å². The maximum atomic E-state index is 12.4. The van der Waals surface area contributed by atoms with E-state index in [2.05, 4.69) is 34.4 Å². The van der Waals surface area contributed by atoms with Crippen molar-refractivity contribution in [3.05, 3.63) is 39.8 Å². The second kappa shape index (κ2) is 6.33. The molecule has 0 N–H and O–H groups in total. The number of aromatic nitrogens is 1. The summed E-state index contributed by atoms with van der Waals surface area (Å²) in [4.78, 5) is 8.20. The van der Waals surface area contributed by atoms with Gasteiger partial charge in [-0.1, -0.05) is 5.92 Å². The summed E-state index contributed by atoms with van der Waals surface area (Å²) < 4.78 is 37.2. The first-order valence-electron chi connectivity index (χ1n) is 5.76. The lowest BCUT2D eigenvalue weighted by atomic mass is 10.2. The molecule has 1 aromatic carbocycles. The van der Waals surface area contributed by atoms with Crippen LogP contribution in [0, 0.1) is 11.8 Å². The van der Waals surface area contributed by atoms with E-state index in [4.69, 9.17) is 0 Å². The summed E-state index contributed by atoms with van der Waals surface area (Å²) in [6.45, 7) is 1.79. The molecule has 1 heterocycles. The van der Waals surface area contributed by atoms with Crippen molar-refractivity contribution in [2.75, 3.05) is 0 Å². The second-order valence-corrected chi connectivity index (χ2v) is 5.22. The predicted molar refractivity (Wildman–Crippen MR) is 80.6 cm³/mol. The molecule has 0 radical (unpaired) electrons. The molecule has 0 atom stereocenters. The highest BCUT2D eigenvalue weighted by atomic mass is 32.1. The predicted octanol–water partition coefficient (Wildman–Crippen LogP) is 4.57. The summed E-state index contributed by atoms with van der Waals surface area (Å²) in [5.74, 6) is 5.38. The Morgan fingerprint density at radius 2 is 2.10 bits per heavy atom. The highest BCUT2D eigenvalue weighted by molar-refractivity contribution is 7.80. The standard InChI is InChI=1S/C14H9F3N2S2/c1-2-18-10-5-3-9(7-11(10)20)4-6-13-19-12(8-21-13)14(15,16)17/h2-3,5,7-8,20H,1H3. The Bertz CT molecular complexity index is 737. The largest absolute Gasteiger partial charge is 0.434 e. The van der Waals surface area contributed by atoms with Gasteiger partial charge in [-0.25, -0.2) is 4.98 Å². The minimum Gasteiger partial charge on any atom is -0.260 e. The third-order valence-electron chi connectivity index (χ3n) is 2.35. The van der Waals surface area contributed by atoms with E-state index in [1.807, 2.05) is 0 Å². The zero-order chi connectivity index (χ0) is 15.5. The number of benzene rings is 1. The van der Waals surface area contributed by atoms with Crippen molar-refractivity contribution < 1.29 is 13.2 Å². The zero-order valence-electron chi connectivity index (χ0n) is 10.8. The summed E-state index contributed by atoms with van der Waals surface area (Å²) >= 11 is 5.14. The third-order valence-corrected chi connectivity index (χ3v) is 3.47. The van der Waals surface area contributed by atoms with Crippen molar-refractivity contribution in [1.29, 1.82) is 0 Å². The average Bonchev–Trinajstić information content (AvgIpc) is 2.88. The first-order chi connectivity index (χ1) is 9.90. The van der Waals surface area contributed by atoms with Crippen molar-refractivity contribution in [2.24, 2.45) is 4.99 Å². The van der Waals surface area contributed by atoms with E-state index in [1.165, 1.54) is 0 Å². The Kier molecular flexibility index (Phi) is 4.70. The van der Waals surface area contributed by atoms with Gasteiger partial charge in [0, 0.05) is 22.1 Å². The van der Waals surface area contributed by atoms with Gasteiger partial charge in [0.25, 0.3) is 0 Å². The van der Waals surface area contributed by atoms with E-state index in [1.54, 1.807) is 31.3 Å². The lowest BCUT2D eigenvalue weighted by Crippen LogP contribution is -2.04. The molecule has 2 nitrogen and oxygen atoms in total. The molecule has 0 amide bonds. The molecule has 0 saturated carbocycles. The topological polar surface area (TPSA) is 25.2 Å². The van der Waals surface area contributed by atoms with E-state index in [0.29, 0.717) is 16.1 Å². The highest BCUT2D eigenvalue weighted by Gasteiger charge is 2.33. The van der Waals surface area contributed by atoms with Gasteiger partial charge in [-0.3, -0.25) is 4.99 Å². The number of nitrogens with zero attached hydrogens (tertiary/aromatic N) is 2. The molecule has 0 fully saturated rings. The molecule has 0 aliphatic heterocycles. The van der Waals surface area contributed by atoms with Gasteiger partial charge in [0.1, 0.15) is 0 Å². The van der Waals surface area contributed by atoms with Crippen LogP contribution >= 0.6 is 24.0 Å². The van der Waals surface area contributed by atoms with Crippen LogP contribution in [0.3, 0.4) is 0 Å². The number of alkyl halides is 3. The Hall–Kier alpha value is -1.78. The SMILES string of the molecule is CC=Nc1ccc(C#Cc2nc(C(F)(F)F)cs2)cc1S. The van der Waals surface area contributed by atoms with E-state index in [9.17, 15) is 13.2 Å². The molecule has 0 spiro atoms. The quantitative estimate of drug-likeness (QED) is 0.463. The fourth-order valence-corrected chi connectivity index (χ4v) is 2.38. The van der Waals surface area contributed by atoms with Crippen molar-refractivity contribution in [2.45, 2.75) is 18.0 Å². The monoisotopic (exact) mass is 326 g/mol. The first-order valence-corrected chi connectivity index (χ1v) is 7.09. The van der Waals surface area contributed by atoms with Crippen LogP contribution in [0.25, 0.3) is 0 Å². The summed E-state index contributed by atoms with van der Waals surface area (Å²) in [7, 11) is 0. The second-order valence-electron chi connectivity index (χ2n) is 3.88. The molecular weight excluding hydrogens is 317 g/mol. The van der Waals surface area contributed by atoms with E-state index >= 15 is 0 Å². The molecule has 1 aromatic heterocycles. The fourth-order valence-electron chi connectivity index (χ4n) is 1.44. The molecule has 0 unspecified atom stereocenters. The molecule has 2 rings (SSSR count). The lowest BCUT2D eigenvalue weighted by molar-refractivity contribution is -0.140. The lowest BCUT2D eigenvalue weighted by Gasteiger charge is -1.99. The maximum Gasteiger partial charge on any atom is 0.434 e. The van der Waals surface area contributed by atoms with Gasteiger partial charge in [0.15, 0.2) is 10.7 Å². The Balaban J connectivity index is 2.23. The van der Waals surface area contributed by atoms with Gasteiger partial charge >= 0.3 is 6.18 Å². The van der Waals surface area contributed by atoms with Crippen LogP contribution < -0.4 is 0 Å². The van der Waals surface area contributed by atoms with Crippen LogP contribution in [0.5, 0.6) is 0 Å². The Morgan fingerprint density at radius 1 is 1.33 bits per heavy atom. The molecule has 0 bridgehead atoms. The summed E-state index contributed by atoms with van der Waals surface area (Å²) in [5, 5.41) is 1.08. The van der Waals surface area contributed by atoms with E-state index in [0.717, 1.165) is 16.7 Å². The molecule has 0 aliphatic carbocycles. The highest BCUT2D eigenvalue weighted by Crippen LogP contribution is 2.29. The van der Waals surface area contributed by atoms with E-state index < -0.39 is 11.9 Å². The Labute approximate surface area is 129 Å². The molecule has 21 heavy (non-hydrogen) atoms. The number of thiol groups is 1. The van der Waals surface area contributed by atoms with Gasteiger partial charge in [-0.05, 0) is 31.0 Å². The summed E-state index contributed by atoms with van der Waals surface area (Å²) in [6, 6.07) is 5.18. The van der Waals surface area contributed by atoms with Crippen LogP contribution in [0.2, 0.25) is 0 Å². The minimum absolute atomic E-state index is 0.124. The molecule has 7 heteroatoms.